The number of aryl methyl sites for hydroxylation is 1. The standard InChI is InChI=1S/C20H24BrNO2/c1-15-4-2-5-16(10-15)14-24-20-8-7-18(21)11-17(20)12-22-13-19-6-3-9-23-19/h2,4-5,7-8,10-11,19,22H,3,6,9,12-14H2,1H3. The molecule has 4 heteroatoms. The topological polar surface area (TPSA) is 30.5 Å². The van der Waals surface area contributed by atoms with Gasteiger partial charge in [0, 0.05) is 29.7 Å². The summed E-state index contributed by atoms with van der Waals surface area (Å²) in [4.78, 5) is 0. The average molecular weight is 390 g/mol. The maximum absolute atomic E-state index is 6.06. The minimum atomic E-state index is 0.355. The normalized spacial score (nSPS) is 17.2. The number of ether oxygens (including phenoxy) is 2. The van der Waals surface area contributed by atoms with Crippen molar-refractivity contribution < 1.29 is 9.47 Å². The Morgan fingerprint density at radius 2 is 2.17 bits per heavy atom. The third kappa shape index (κ3) is 5.07. The second-order valence-electron chi connectivity index (χ2n) is 6.30. The Morgan fingerprint density at radius 3 is 2.96 bits per heavy atom. The van der Waals surface area contributed by atoms with Gasteiger partial charge in [0.25, 0.3) is 0 Å². The largest absolute Gasteiger partial charge is 0.489 e. The van der Waals surface area contributed by atoms with Crippen molar-refractivity contribution in [3.05, 3.63) is 63.6 Å². The van der Waals surface area contributed by atoms with E-state index < -0.39 is 0 Å². The van der Waals surface area contributed by atoms with Gasteiger partial charge < -0.3 is 14.8 Å². The van der Waals surface area contributed by atoms with Gasteiger partial charge in [0.1, 0.15) is 12.4 Å². The summed E-state index contributed by atoms with van der Waals surface area (Å²) >= 11 is 3.55. The van der Waals surface area contributed by atoms with Crippen molar-refractivity contribution in [2.45, 2.75) is 39.0 Å². The molecule has 1 unspecified atom stereocenters. The Morgan fingerprint density at radius 1 is 1.25 bits per heavy atom. The predicted octanol–water partition coefficient (Wildman–Crippen LogP) is 4.61. The maximum atomic E-state index is 6.06. The van der Waals surface area contributed by atoms with Gasteiger partial charge in [-0.15, -0.1) is 0 Å². The Balaban J connectivity index is 1.59. The van der Waals surface area contributed by atoms with Gasteiger partial charge in [-0.3, -0.25) is 0 Å². The zero-order valence-corrected chi connectivity index (χ0v) is 15.6. The second kappa shape index (κ2) is 8.65. The molecule has 0 aliphatic carbocycles. The van der Waals surface area contributed by atoms with Crippen molar-refractivity contribution in [2.75, 3.05) is 13.2 Å². The van der Waals surface area contributed by atoms with Crippen molar-refractivity contribution in [3.8, 4) is 5.75 Å². The Hall–Kier alpha value is -1.36. The molecular formula is C20H24BrNO2. The average Bonchev–Trinajstić information content (AvgIpc) is 3.07. The van der Waals surface area contributed by atoms with Crippen LogP contribution in [0.4, 0.5) is 0 Å². The summed E-state index contributed by atoms with van der Waals surface area (Å²) in [5.41, 5.74) is 3.61. The van der Waals surface area contributed by atoms with Crippen molar-refractivity contribution in [2.24, 2.45) is 0 Å². The quantitative estimate of drug-likeness (QED) is 0.749. The van der Waals surface area contributed by atoms with E-state index in [0.717, 1.165) is 41.9 Å². The summed E-state index contributed by atoms with van der Waals surface area (Å²) in [6.07, 6.45) is 2.69. The Bertz CT molecular complexity index is 668. The number of hydrogen-bond donors (Lipinski definition) is 1. The van der Waals surface area contributed by atoms with Gasteiger partial charge in [-0.1, -0.05) is 45.8 Å². The first-order chi connectivity index (χ1) is 11.7. The molecule has 0 bridgehead atoms. The van der Waals surface area contributed by atoms with E-state index in [0.29, 0.717) is 12.7 Å². The van der Waals surface area contributed by atoms with Gasteiger partial charge in [0.15, 0.2) is 0 Å². The van der Waals surface area contributed by atoms with E-state index in [2.05, 4.69) is 58.5 Å². The van der Waals surface area contributed by atoms with Gasteiger partial charge in [-0.2, -0.15) is 0 Å². The number of rotatable bonds is 7. The van der Waals surface area contributed by atoms with E-state index in [1.165, 1.54) is 17.5 Å². The van der Waals surface area contributed by atoms with Crippen LogP contribution in [0.15, 0.2) is 46.9 Å². The second-order valence-corrected chi connectivity index (χ2v) is 7.21. The van der Waals surface area contributed by atoms with Crippen LogP contribution < -0.4 is 10.1 Å². The molecule has 1 fully saturated rings. The number of nitrogens with one attached hydrogen (secondary N) is 1. The molecule has 128 valence electrons. The van der Waals surface area contributed by atoms with Crippen LogP contribution in [0.3, 0.4) is 0 Å². The van der Waals surface area contributed by atoms with Crippen LogP contribution in [0.25, 0.3) is 0 Å². The zero-order valence-electron chi connectivity index (χ0n) is 14.1. The number of halogens is 1. The van der Waals surface area contributed by atoms with Crippen LogP contribution in [0.5, 0.6) is 5.75 Å². The third-order valence-corrected chi connectivity index (χ3v) is 4.70. The molecular weight excluding hydrogens is 366 g/mol. The molecule has 2 aromatic rings. The summed E-state index contributed by atoms with van der Waals surface area (Å²) in [6, 6.07) is 14.6. The zero-order chi connectivity index (χ0) is 16.8. The maximum Gasteiger partial charge on any atom is 0.124 e. The third-order valence-electron chi connectivity index (χ3n) is 4.21. The fraction of sp³-hybridized carbons (Fsp3) is 0.400. The van der Waals surface area contributed by atoms with Gasteiger partial charge in [-0.05, 0) is 43.5 Å². The van der Waals surface area contributed by atoms with Crippen molar-refractivity contribution >= 4 is 15.9 Å². The van der Waals surface area contributed by atoms with Gasteiger partial charge in [0.05, 0.1) is 6.10 Å². The molecule has 1 aliphatic rings. The molecule has 1 heterocycles. The lowest BCUT2D eigenvalue weighted by Gasteiger charge is -2.15. The lowest BCUT2D eigenvalue weighted by molar-refractivity contribution is 0.110. The SMILES string of the molecule is Cc1cccc(COc2ccc(Br)cc2CNCC2CCCO2)c1. The highest BCUT2D eigenvalue weighted by Gasteiger charge is 2.15. The van der Waals surface area contributed by atoms with E-state index in [4.69, 9.17) is 9.47 Å². The summed E-state index contributed by atoms with van der Waals surface area (Å²) in [7, 11) is 0. The summed E-state index contributed by atoms with van der Waals surface area (Å²) in [5, 5.41) is 3.49. The van der Waals surface area contributed by atoms with Crippen molar-refractivity contribution in [3.63, 3.8) is 0 Å². The van der Waals surface area contributed by atoms with Crippen molar-refractivity contribution in [1.29, 1.82) is 0 Å². The first kappa shape index (κ1) is 17.5. The summed E-state index contributed by atoms with van der Waals surface area (Å²) in [6.45, 7) is 5.26. The summed E-state index contributed by atoms with van der Waals surface area (Å²) in [5.74, 6) is 0.930. The molecule has 1 saturated heterocycles. The van der Waals surface area contributed by atoms with Crippen LogP contribution in [0.2, 0.25) is 0 Å². The fourth-order valence-electron chi connectivity index (χ4n) is 2.96. The van der Waals surface area contributed by atoms with E-state index in [1.807, 2.05) is 12.1 Å². The molecule has 24 heavy (non-hydrogen) atoms. The van der Waals surface area contributed by atoms with Crippen LogP contribution >= 0.6 is 15.9 Å². The molecule has 0 amide bonds. The lowest BCUT2D eigenvalue weighted by Crippen LogP contribution is -2.26. The molecule has 1 N–H and O–H groups in total. The van der Waals surface area contributed by atoms with E-state index >= 15 is 0 Å². The Kier molecular flexibility index (Phi) is 6.30. The first-order valence-electron chi connectivity index (χ1n) is 8.50. The minimum absolute atomic E-state index is 0.355. The number of benzene rings is 2. The minimum Gasteiger partial charge on any atom is -0.489 e. The van der Waals surface area contributed by atoms with Gasteiger partial charge in [0.2, 0.25) is 0 Å². The number of hydrogen-bond acceptors (Lipinski definition) is 3. The monoisotopic (exact) mass is 389 g/mol. The molecule has 3 nitrogen and oxygen atoms in total. The first-order valence-corrected chi connectivity index (χ1v) is 9.29. The van der Waals surface area contributed by atoms with Gasteiger partial charge >= 0.3 is 0 Å². The highest BCUT2D eigenvalue weighted by Crippen LogP contribution is 2.24. The Labute approximate surface area is 152 Å². The molecule has 3 rings (SSSR count). The highest BCUT2D eigenvalue weighted by atomic mass is 79.9. The molecule has 0 spiro atoms. The van der Waals surface area contributed by atoms with E-state index in [1.54, 1.807) is 0 Å². The summed E-state index contributed by atoms with van der Waals surface area (Å²) < 4.78 is 12.8. The molecule has 1 atom stereocenters. The molecule has 0 saturated carbocycles. The highest BCUT2D eigenvalue weighted by molar-refractivity contribution is 9.10. The van der Waals surface area contributed by atoms with E-state index in [-0.39, 0.29) is 0 Å². The smallest absolute Gasteiger partial charge is 0.124 e. The molecule has 2 aromatic carbocycles. The fourth-order valence-corrected chi connectivity index (χ4v) is 3.37. The van der Waals surface area contributed by atoms with Crippen molar-refractivity contribution in [1.82, 2.24) is 5.32 Å². The lowest BCUT2D eigenvalue weighted by atomic mass is 10.1. The predicted molar refractivity (Wildman–Crippen MR) is 100 cm³/mol. The van der Waals surface area contributed by atoms with E-state index in [9.17, 15) is 0 Å². The molecule has 1 aliphatic heterocycles. The molecule has 0 radical (unpaired) electrons. The molecule has 0 aromatic heterocycles. The van der Waals surface area contributed by atoms with Gasteiger partial charge in [-0.25, -0.2) is 0 Å². The van der Waals surface area contributed by atoms with Crippen LogP contribution in [0.1, 0.15) is 29.5 Å². The van der Waals surface area contributed by atoms with Crippen LogP contribution in [-0.2, 0) is 17.9 Å². The van der Waals surface area contributed by atoms with Crippen LogP contribution in [0, 0.1) is 6.92 Å². The van der Waals surface area contributed by atoms with Crippen LogP contribution in [-0.4, -0.2) is 19.3 Å².